The molecule has 0 saturated carbocycles. The molecule has 0 saturated heterocycles. The highest BCUT2D eigenvalue weighted by Gasteiger charge is 2.17. The maximum absolute atomic E-state index is 10.4. The second-order valence-electron chi connectivity index (χ2n) is 5.35. The van der Waals surface area contributed by atoms with Gasteiger partial charge in [-0.3, -0.25) is 0 Å². The van der Waals surface area contributed by atoms with Crippen molar-refractivity contribution in [3.63, 3.8) is 0 Å². The van der Waals surface area contributed by atoms with E-state index in [1.54, 1.807) is 4.68 Å². The maximum Gasteiger partial charge on any atom is 0.165 e. The first kappa shape index (κ1) is 13.4. The molecule has 1 N–H and O–H groups in total. The van der Waals surface area contributed by atoms with Crippen molar-refractivity contribution in [3.8, 4) is 22.7 Å². The Kier molecular flexibility index (Phi) is 3.26. The minimum Gasteiger partial charge on any atom is -0.504 e. The van der Waals surface area contributed by atoms with Crippen LogP contribution in [-0.2, 0) is 0 Å². The third-order valence-corrected chi connectivity index (χ3v) is 3.75. The van der Waals surface area contributed by atoms with E-state index in [1.807, 2.05) is 69.3 Å². The van der Waals surface area contributed by atoms with Gasteiger partial charge in [-0.05, 0) is 32.4 Å². The summed E-state index contributed by atoms with van der Waals surface area (Å²) in [5.74, 6) is 0.238. The molecule has 3 nitrogen and oxygen atoms in total. The topological polar surface area (TPSA) is 38.0 Å². The molecule has 1 aromatic heterocycles. The fourth-order valence-electron chi connectivity index (χ4n) is 2.44. The van der Waals surface area contributed by atoms with Gasteiger partial charge in [-0.2, -0.15) is 5.10 Å². The summed E-state index contributed by atoms with van der Waals surface area (Å²) in [6, 6.07) is 16.0. The van der Waals surface area contributed by atoms with Crippen molar-refractivity contribution < 1.29 is 5.11 Å². The zero-order chi connectivity index (χ0) is 15.0. The molecular weight excluding hydrogens is 260 g/mol. The van der Waals surface area contributed by atoms with E-state index in [9.17, 15) is 5.11 Å². The highest BCUT2D eigenvalue weighted by molar-refractivity contribution is 5.68. The Bertz CT molecular complexity index is 785. The SMILES string of the molecule is Cc1ccc(-c2nn(-c3ccccc3C)c(C)c2O)cc1. The van der Waals surface area contributed by atoms with Crippen LogP contribution in [0, 0.1) is 20.8 Å². The number of rotatable bonds is 2. The van der Waals surface area contributed by atoms with Gasteiger partial charge in [-0.25, -0.2) is 4.68 Å². The smallest absolute Gasteiger partial charge is 0.165 e. The van der Waals surface area contributed by atoms with Crippen molar-refractivity contribution >= 4 is 0 Å². The van der Waals surface area contributed by atoms with Crippen molar-refractivity contribution in [1.82, 2.24) is 9.78 Å². The van der Waals surface area contributed by atoms with E-state index in [0.29, 0.717) is 5.69 Å². The summed E-state index contributed by atoms with van der Waals surface area (Å²) in [7, 11) is 0. The fraction of sp³-hybridized carbons (Fsp3) is 0.167. The van der Waals surface area contributed by atoms with Crippen LogP contribution in [0.15, 0.2) is 48.5 Å². The summed E-state index contributed by atoms with van der Waals surface area (Å²) in [6.45, 7) is 5.96. The third kappa shape index (κ3) is 2.31. The summed E-state index contributed by atoms with van der Waals surface area (Å²) in [4.78, 5) is 0. The normalized spacial score (nSPS) is 10.8. The quantitative estimate of drug-likeness (QED) is 0.764. The van der Waals surface area contributed by atoms with Crippen LogP contribution in [0.25, 0.3) is 16.9 Å². The zero-order valence-electron chi connectivity index (χ0n) is 12.5. The molecule has 1 heterocycles. The molecule has 0 aliphatic rings. The summed E-state index contributed by atoms with van der Waals surface area (Å²) in [5, 5.41) is 15.0. The van der Waals surface area contributed by atoms with Crippen molar-refractivity contribution in [2.45, 2.75) is 20.8 Å². The maximum atomic E-state index is 10.4. The van der Waals surface area contributed by atoms with Crippen LogP contribution < -0.4 is 0 Å². The number of hydrogen-bond donors (Lipinski definition) is 1. The van der Waals surface area contributed by atoms with Gasteiger partial charge >= 0.3 is 0 Å². The van der Waals surface area contributed by atoms with Crippen LogP contribution in [0.3, 0.4) is 0 Å². The van der Waals surface area contributed by atoms with Gasteiger partial charge in [0.05, 0.1) is 11.4 Å². The van der Waals surface area contributed by atoms with Crippen molar-refractivity contribution in [1.29, 1.82) is 0 Å². The van der Waals surface area contributed by atoms with E-state index in [4.69, 9.17) is 0 Å². The van der Waals surface area contributed by atoms with Gasteiger partial charge in [0.2, 0.25) is 0 Å². The molecule has 0 radical (unpaired) electrons. The first-order valence-corrected chi connectivity index (χ1v) is 6.99. The third-order valence-electron chi connectivity index (χ3n) is 3.75. The van der Waals surface area contributed by atoms with Crippen LogP contribution in [0.1, 0.15) is 16.8 Å². The number of aryl methyl sites for hydroxylation is 2. The van der Waals surface area contributed by atoms with Crippen LogP contribution >= 0.6 is 0 Å². The van der Waals surface area contributed by atoms with E-state index in [-0.39, 0.29) is 5.75 Å². The van der Waals surface area contributed by atoms with E-state index in [1.165, 1.54) is 5.56 Å². The lowest BCUT2D eigenvalue weighted by Crippen LogP contribution is -2.01. The summed E-state index contributed by atoms with van der Waals surface area (Å²) in [6.07, 6.45) is 0. The molecule has 21 heavy (non-hydrogen) atoms. The predicted molar refractivity (Wildman–Crippen MR) is 84.9 cm³/mol. The molecule has 0 aliphatic heterocycles. The number of hydrogen-bond acceptors (Lipinski definition) is 2. The molecule has 0 spiro atoms. The predicted octanol–water partition coefficient (Wildman–Crippen LogP) is 4.17. The number of para-hydroxylation sites is 1. The zero-order valence-corrected chi connectivity index (χ0v) is 12.5. The lowest BCUT2D eigenvalue weighted by atomic mass is 10.1. The second-order valence-corrected chi connectivity index (χ2v) is 5.35. The highest BCUT2D eigenvalue weighted by Crippen LogP contribution is 2.33. The van der Waals surface area contributed by atoms with Crippen molar-refractivity contribution in [2.24, 2.45) is 0 Å². The van der Waals surface area contributed by atoms with Crippen molar-refractivity contribution in [2.75, 3.05) is 0 Å². The van der Waals surface area contributed by atoms with Gasteiger partial charge in [0.25, 0.3) is 0 Å². The van der Waals surface area contributed by atoms with Gasteiger partial charge in [-0.15, -0.1) is 0 Å². The molecule has 3 rings (SSSR count). The van der Waals surface area contributed by atoms with Crippen LogP contribution in [0.5, 0.6) is 5.75 Å². The van der Waals surface area contributed by atoms with Gasteiger partial charge in [0.15, 0.2) is 5.75 Å². The number of benzene rings is 2. The summed E-state index contributed by atoms with van der Waals surface area (Å²) in [5.41, 5.74) is 5.60. The standard InChI is InChI=1S/C18H18N2O/c1-12-8-10-15(11-9-12)17-18(21)14(3)20(19-17)16-7-5-4-6-13(16)2/h4-11,21H,1-3H3. The Morgan fingerprint density at radius 1 is 0.905 bits per heavy atom. The monoisotopic (exact) mass is 278 g/mol. The molecule has 2 aromatic carbocycles. The second kappa shape index (κ2) is 5.09. The van der Waals surface area contributed by atoms with E-state index < -0.39 is 0 Å². The van der Waals surface area contributed by atoms with E-state index in [2.05, 4.69) is 5.10 Å². The highest BCUT2D eigenvalue weighted by atomic mass is 16.3. The Labute approximate surface area is 124 Å². The van der Waals surface area contributed by atoms with E-state index in [0.717, 1.165) is 22.5 Å². The Morgan fingerprint density at radius 2 is 1.57 bits per heavy atom. The van der Waals surface area contributed by atoms with Crippen LogP contribution in [0.4, 0.5) is 0 Å². The van der Waals surface area contributed by atoms with Gasteiger partial charge < -0.3 is 5.11 Å². The molecule has 106 valence electrons. The first-order valence-electron chi connectivity index (χ1n) is 6.99. The molecule has 0 atom stereocenters. The molecule has 3 aromatic rings. The average Bonchev–Trinajstić information content (AvgIpc) is 2.77. The Hall–Kier alpha value is -2.55. The molecular formula is C18H18N2O. The fourth-order valence-corrected chi connectivity index (χ4v) is 2.44. The van der Waals surface area contributed by atoms with Crippen LogP contribution in [0.2, 0.25) is 0 Å². The molecule has 3 heteroatoms. The number of nitrogens with zero attached hydrogens (tertiary/aromatic N) is 2. The molecule has 0 unspecified atom stereocenters. The first-order chi connectivity index (χ1) is 10.1. The van der Waals surface area contributed by atoms with Gasteiger partial charge in [0.1, 0.15) is 5.69 Å². The number of aromatic hydroxyl groups is 1. The summed E-state index contributed by atoms with van der Waals surface area (Å²) < 4.78 is 1.81. The lowest BCUT2D eigenvalue weighted by molar-refractivity contribution is 0.472. The largest absolute Gasteiger partial charge is 0.504 e. The minimum absolute atomic E-state index is 0.238. The van der Waals surface area contributed by atoms with Crippen molar-refractivity contribution in [3.05, 3.63) is 65.4 Å². The van der Waals surface area contributed by atoms with Gasteiger partial charge in [0, 0.05) is 5.56 Å². The molecule has 0 amide bonds. The molecule has 0 bridgehead atoms. The lowest BCUT2D eigenvalue weighted by Gasteiger charge is -2.07. The Balaban J connectivity index is 2.16. The average molecular weight is 278 g/mol. The molecule has 0 fully saturated rings. The van der Waals surface area contributed by atoms with Gasteiger partial charge in [-0.1, -0.05) is 48.0 Å². The van der Waals surface area contributed by atoms with E-state index >= 15 is 0 Å². The Morgan fingerprint density at radius 3 is 2.24 bits per heavy atom. The minimum atomic E-state index is 0.238. The van der Waals surface area contributed by atoms with Crippen LogP contribution in [-0.4, -0.2) is 14.9 Å². The number of aromatic nitrogens is 2. The molecule has 0 aliphatic carbocycles. The summed E-state index contributed by atoms with van der Waals surface area (Å²) >= 11 is 0.